The van der Waals surface area contributed by atoms with Crippen molar-refractivity contribution in [1.82, 2.24) is 14.5 Å². The molecule has 188 valence electrons. The molecule has 0 N–H and O–H groups in total. The summed E-state index contributed by atoms with van der Waals surface area (Å²) in [7, 11) is 3.85. The SMILES string of the molecule is COC1(c2cc3c(N(C)Cc4cccc(C(F)F)c4F)ncnc3n(C)c2=O)CCCS(=O)CC1. The number of halogens is 3. The average Bonchev–Trinajstić information content (AvgIpc) is 3.04. The second kappa shape index (κ2) is 10.1. The molecule has 3 heterocycles. The van der Waals surface area contributed by atoms with Crippen LogP contribution >= 0.6 is 0 Å². The molecule has 35 heavy (non-hydrogen) atoms. The Kier molecular flexibility index (Phi) is 7.27. The van der Waals surface area contributed by atoms with Gasteiger partial charge >= 0.3 is 0 Å². The minimum Gasteiger partial charge on any atom is -0.373 e. The summed E-state index contributed by atoms with van der Waals surface area (Å²) in [6.07, 6.45) is 0.0119. The normalized spacial score (nSPS) is 20.8. The maximum absolute atomic E-state index is 14.7. The van der Waals surface area contributed by atoms with Crippen molar-refractivity contribution in [1.29, 1.82) is 0 Å². The van der Waals surface area contributed by atoms with Crippen molar-refractivity contribution in [3.63, 3.8) is 0 Å². The van der Waals surface area contributed by atoms with Gasteiger partial charge in [-0.05, 0) is 25.3 Å². The van der Waals surface area contributed by atoms with Gasteiger partial charge in [0.05, 0.1) is 22.1 Å². The molecule has 0 amide bonds. The minimum atomic E-state index is -2.92. The van der Waals surface area contributed by atoms with Crippen molar-refractivity contribution < 1.29 is 22.1 Å². The largest absolute Gasteiger partial charge is 0.373 e. The molecule has 3 aromatic rings. The Morgan fingerprint density at radius 1 is 1.26 bits per heavy atom. The summed E-state index contributed by atoms with van der Waals surface area (Å²) in [5.74, 6) is 0.439. The first kappa shape index (κ1) is 25.3. The van der Waals surface area contributed by atoms with Gasteiger partial charge in [0.1, 0.15) is 23.6 Å². The van der Waals surface area contributed by atoms with Crippen LogP contribution in [-0.4, -0.2) is 44.4 Å². The Balaban J connectivity index is 1.82. The summed E-state index contributed by atoms with van der Waals surface area (Å²) < 4.78 is 60.5. The highest BCUT2D eigenvalue weighted by Gasteiger charge is 2.37. The Labute approximate surface area is 203 Å². The standard InChI is InChI=1S/C24H27F3N4O3S/c1-30(13-15-6-4-7-16(19(15)25)20(26)27)21-17-12-18(23(32)31(2)22(17)29-14-28-21)24(34-3)8-5-10-35(33)11-9-24/h4,6-7,12,14,20H,5,8-11,13H2,1-3H3. The van der Waals surface area contributed by atoms with Crippen LogP contribution in [0.3, 0.4) is 0 Å². The van der Waals surface area contributed by atoms with Gasteiger partial charge in [-0.15, -0.1) is 0 Å². The van der Waals surface area contributed by atoms with Crippen LogP contribution in [0.1, 0.15) is 42.4 Å². The lowest BCUT2D eigenvalue weighted by atomic mass is 9.86. The monoisotopic (exact) mass is 508 g/mol. The van der Waals surface area contributed by atoms with E-state index in [2.05, 4.69) is 9.97 Å². The van der Waals surface area contributed by atoms with Gasteiger partial charge in [0, 0.05) is 55.6 Å². The molecule has 1 fully saturated rings. The number of benzene rings is 1. The molecule has 2 atom stereocenters. The molecule has 1 saturated heterocycles. The molecule has 1 aliphatic rings. The van der Waals surface area contributed by atoms with Crippen molar-refractivity contribution in [2.75, 3.05) is 30.6 Å². The topological polar surface area (TPSA) is 77.3 Å². The lowest BCUT2D eigenvalue weighted by molar-refractivity contribution is -0.0252. The van der Waals surface area contributed by atoms with Gasteiger partial charge in [-0.2, -0.15) is 0 Å². The fourth-order valence-corrected chi connectivity index (χ4v) is 5.94. The average molecular weight is 509 g/mol. The highest BCUT2D eigenvalue weighted by molar-refractivity contribution is 7.84. The van der Waals surface area contributed by atoms with E-state index in [1.165, 1.54) is 23.0 Å². The summed E-state index contributed by atoms with van der Waals surface area (Å²) in [6.45, 7) is -0.0227. The summed E-state index contributed by atoms with van der Waals surface area (Å²) >= 11 is 0. The smallest absolute Gasteiger partial charge is 0.266 e. The summed E-state index contributed by atoms with van der Waals surface area (Å²) in [4.78, 5) is 23.6. The van der Waals surface area contributed by atoms with Gasteiger partial charge in [-0.3, -0.25) is 13.6 Å². The molecule has 0 radical (unpaired) electrons. The number of ether oxygens (including phenoxy) is 1. The third-order valence-corrected chi connectivity index (χ3v) is 8.07. The predicted molar refractivity (Wildman–Crippen MR) is 129 cm³/mol. The van der Waals surface area contributed by atoms with E-state index in [0.717, 1.165) is 6.07 Å². The van der Waals surface area contributed by atoms with E-state index in [9.17, 15) is 22.2 Å². The minimum absolute atomic E-state index is 0.0227. The third-order valence-electron chi connectivity index (χ3n) is 6.66. The summed E-state index contributed by atoms with van der Waals surface area (Å²) in [5.41, 5.74) is -0.929. The van der Waals surface area contributed by atoms with Crippen molar-refractivity contribution in [3.05, 3.63) is 63.5 Å². The first-order valence-corrected chi connectivity index (χ1v) is 12.7. The van der Waals surface area contributed by atoms with Crippen LogP contribution in [0.25, 0.3) is 11.0 Å². The molecule has 0 spiro atoms. The van der Waals surface area contributed by atoms with E-state index in [4.69, 9.17) is 4.74 Å². The van der Waals surface area contributed by atoms with Crippen molar-refractivity contribution in [2.24, 2.45) is 7.05 Å². The second-order valence-electron chi connectivity index (χ2n) is 8.73. The molecule has 0 saturated carbocycles. The highest BCUT2D eigenvalue weighted by Crippen LogP contribution is 2.37. The molecule has 1 aromatic carbocycles. The Morgan fingerprint density at radius 3 is 2.74 bits per heavy atom. The van der Waals surface area contributed by atoms with Gasteiger partial charge in [-0.1, -0.05) is 18.2 Å². The zero-order chi connectivity index (χ0) is 25.3. The van der Waals surface area contributed by atoms with Crippen LogP contribution in [0.15, 0.2) is 35.4 Å². The van der Waals surface area contributed by atoms with Crippen LogP contribution < -0.4 is 10.5 Å². The van der Waals surface area contributed by atoms with E-state index in [-0.39, 0.29) is 17.7 Å². The molecule has 0 aliphatic carbocycles. The van der Waals surface area contributed by atoms with Crippen LogP contribution in [-0.2, 0) is 34.7 Å². The number of anilines is 1. The Hall–Kier alpha value is -2.79. The molecule has 11 heteroatoms. The molecule has 1 aliphatic heterocycles. The number of aromatic nitrogens is 3. The fourth-order valence-electron chi connectivity index (χ4n) is 4.72. The first-order chi connectivity index (χ1) is 16.7. The number of aryl methyl sites for hydroxylation is 1. The van der Waals surface area contributed by atoms with E-state index < -0.39 is 34.2 Å². The molecule has 2 aromatic heterocycles. The van der Waals surface area contributed by atoms with Crippen LogP contribution in [0.5, 0.6) is 0 Å². The maximum Gasteiger partial charge on any atom is 0.266 e. The van der Waals surface area contributed by atoms with Gasteiger partial charge in [-0.25, -0.2) is 23.1 Å². The second-order valence-corrected chi connectivity index (χ2v) is 10.4. The number of nitrogens with zero attached hydrogens (tertiary/aromatic N) is 4. The van der Waals surface area contributed by atoms with Crippen molar-refractivity contribution >= 4 is 27.7 Å². The van der Waals surface area contributed by atoms with Crippen molar-refractivity contribution in [2.45, 2.75) is 37.8 Å². The summed E-state index contributed by atoms with van der Waals surface area (Å²) in [5, 5.41) is 0.541. The van der Waals surface area contributed by atoms with E-state index in [1.807, 2.05) is 0 Å². The Morgan fingerprint density at radius 2 is 2.03 bits per heavy atom. The quantitative estimate of drug-likeness (QED) is 0.504. The third kappa shape index (κ3) is 4.71. The molecule has 7 nitrogen and oxygen atoms in total. The summed E-state index contributed by atoms with van der Waals surface area (Å²) in [6, 6.07) is 5.61. The molecule has 0 bridgehead atoms. The van der Waals surface area contributed by atoms with E-state index in [1.54, 1.807) is 32.2 Å². The van der Waals surface area contributed by atoms with Crippen molar-refractivity contribution in [3.8, 4) is 0 Å². The lowest BCUT2D eigenvalue weighted by Crippen LogP contribution is -2.37. The van der Waals surface area contributed by atoms with Crippen LogP contribution in [0.2, 0.25) is 0 Å². The highest BCUT2D eigenvalue weighted by atomic mass is 32.2. The van der Waals surface area contributed by atoms with E-state index >= 15 is 0 Å². The number of rotatable bonds is 6. The maximum atomic E-state index is 14.7. The number of methoxy groups -OCH3 is 1. The molecule has 2 unspecified atom stereocenters. The van der Waals surface area contributed by atoms with Gasteiger partial charge in [0.25, 0.3) is 12.0 Å². The van der Waals surface area contributed by atoms with E-state index in [0.29, 0.717) is 53.2 Å². The number of hydrogen-bond donors (Lipinski definition) is 0. The number of pyridine rings is 1. The van der Waals surface area contributed by atoms with Gasteiger partial charge < -0.3 is 9.64 Å². The van der Waals surface area contributed by atoms with Gasteiger partial charge in [0.2, 0.25) is 0 Å². The predicted octanol–water partition coefficient (Wildman–Crippen LogP) is 3.82. The fraction of sp³-hybridized carbons (Fsp3) is 0.458. The lowest BCUT2D eigenvalue weighted by Gasteiger charge is -2.31. The zero-order valence-corrected chi connectivity index (χ0v) is 20.6. The number of alkyl halides is 2. The number of fused-ring (bicyclic) bond motifs is 1. The molecular formula is C24H27F3N4O3S. The first-order valence-electron chi connectivity index (χ1n) is 11.2. The number of hydrogen-bond acceptors (Lipinski definition) is 6. The zero-order valence-electron chi connectivity index (χ0n) is 19.8. The molecule has 4 rings (SSSR count). The Bertz CT molecular complexity index is 1330. The van der Waals surface area contributed by atoms with Crippen LogP contribution in [0, 0.1) is 5.82 Å². The van der Waals surface area contributed by atoms with Crippen LogP contribution in [0.4, 0.5) is 19.0 Å². The molecular weight excluding hydrogens is 481 g/mol. The van der Waals surface area contributed by atoms with Gasteiger partial charge in [0.15, 0.2) is 0 Å².